The first-order valence-corrected chi connectivity index (χ1v) is 11.7. The van der Waals surface area contributed by atoms with Crippen molar-refractivity contribution in [3.05, 3.63) is 42.1 Å². The molecule has 9 heteroatoms. The van der Waals surface area contributed by atoms with E-state index in [0.29, 0.717) is 6.42 Å². The Morgan fingerprint density at radius 3 is 2.24 bits per heavy atom. The topological polar surface area (TPSA) is 98.2 Å². The summed E-state index contributed by atoms with van der Waals surface area (Å²) in [5.74, 6) is 0. The number of aromatic nitrogens is 1. The number of amides is 1. The molecular formula is C24H32N2O6S. The summed E-state index contributed by atoms with van der Waals surface area (Å²) in [5, 5.41) is 11.0. The minimum Gasteiger partial charge on any atom is -0.444 e. The number of hydrogen-bond donors (Lipinski definition) is 1. The maximum Gasteiger partial charge on any atom is 0.509 e. The minimum absolute atomic E-state index is 0.0128. The molecule has 1 amide bonds. The number of nitrogens with zero attached hydrogens (tertiary/aromatic N) is 2. The van der Waals surface area contributed by atoms with Gasteiger partial charge in [0.25, 0.3) is 0 Å². The van der Waals surface area contributed by atoms with Crippen LogP contribution in [0.1, 0.15) is 47.1 Å². The van der Waals surface area contributed by atoms with Crippen LogP contribution in [0.25, 0.3) is 10.4 Å². The predicted octanol–water partition coefficient (Wildman–Crippen LogP) is 4.65. The Bertz CT molecular complexity index is 947. The first-order valence-electron chi connectivity index (χ1n) is 10.9. The van der Waals surface area contributed by atoms with Crippen LogP contribution in [0, 0.1) is 0 Å². The summed E-state index contributed by atoms with van der Waals surface area (Å²) in [4.78, 5) is 27.6. The highest BCUT2D eigenvalue weighted by Gasteiger charge is 2.47. The second-order valence-corrected chi connectivity index (χ2v) is 10.9. The van der Waals surface area contributed by atoms with Gasteiger partial charge in [0.2, 0.25) is 0 Å². The van der Waals surface area contributed by atoms with Gasteiger partial charge in [0.15, 0.2) is 6.10 Å². The lowest BCUT2D eigenvalue weighted by Gasteiger charge is -2.29. The molecular weight excluding hydrogens is 444 g/mol. The number of aliphatic hydroxyl groups is 1. The summed E-state index contributed by atoms with van der Waals surface area (Å²) in [7, 11) is 0. The van der Waals surface area contributed by atoms with Crippen LogP contribution in [0.15, 0.2) is 36.5 Å². The zero-order chi connectivity index (χ0) is 24.4. The standard InChI is InChI=1S/C24H32N2O6S/c1-23(2,3)31-21(28)26-14-18(30-22(29)32-24(4,5)6)20(27)17(26)13-15-7-9-16(10-8-15)19-11-12-25-33-19/h7-12,17-18,20,27H,13-14H2,1-6H3/t17-,18+,20+/m1/s1. The van der Waals surface area contributed by atoms with Crippen molar-refractivity contribution in [3.8, 4) is 10.4 Å². The van der Waals surface area contributed by atoms with Gasteiger partial charge in [-0.2, -0.15) is 0 Å². The second-order valence-electron chi connectivity index (χ2n) is 10.1. The lowest BCUT2D eigenvalue weighted by atomic mass is 10.00. The molecule has 1 aliphatic heterocycles. The van der Waals surface area contributed by atoms with E-state index < -0.39 is 41.7 Å². The molecule has 0 saturated carbocycles. The Labute approximate surface area is 198 Å². The Hall–Kier alpha value is -2.65. The molecule has 2 aromatic rings. The van der Waals surface area contributed by atoms with E-state index in [1.807, 2.05) is 30.3 Å². The fourth-order valence-corrected chi connectivity index (χ4v) is 4.15. The van der Waals surface area contributed by atoms with Crippen LogP contribution in [0.5, 0.6) is 0 Å². The van der Waals surface area contributed by atoms with Crippen LogP contribution in [0.2, 0.25) is 0 Å². The van der Waals surface area contributed by atoms with Crippen LogP contribution in [0.4, 0.5) is 9.59 Å². The number of carbonyl (C=O) groups excluding carboxylic acids is 2. The van der Waals surface area contributed by atoms with Crippen molar-refractivity contribution in [2.45, 2.75) is 77.4 Å². The molecule has 180 valence electrons. The van der Waals surface area contributed by atoms with Gasteiger partial charge in [-0.3, -0.25) is 4.90 Å². The molecule has 0 unspecified atom stereocenters. The molecule has 0 spiro atoms. The van der Waals surface area contributed by atoms with Gasteiger partial charge < -0.3 is 19.3 Å². The third-order valence-corrected chi connectivity index (χ3v) is 5.73. The number of carbonyl (C=O) groups is 2. The van der Waals surface area contributed by atoms with Crippen molar-refractivity contribution < 1.29 is 28.9 Å². The Morgan fingerprint density at radius 1 is 1.06 bits per heavy atom. The molecule has 1 N–H and O–H groups in total. The van der Waals surface area contributed by atoms with Crippen molar-refractivity contribution in [2.75, 3.05) is 6.54 Å². The summed E-state index contributed by atoms with van der Waals surface area (Å²) < 4.78 is 20.3. The fourth-order valence-electron chi connectivity index (χ4n) is 3.55. The minimum atomic E-state index is -1.09. The van der Waals surface area contributed by atoms with Crippen LogP contribution in [-0.2, 0) is 20.6 Å². The molecule has 2 heterocycles. The number of benzene rings is 1. The van der Waals surface area contributed by atoms with E-state index >= 15 is 0 Å². The number of rotatable bonds is 4. The third kappa shape index (κ3) is 6.91. The van der Waals surface area contributed by atoms with Crippen molar-refractivity contribution in [1.82, 2.24) is 9.27 Å². The highest BCUT2D eigenvalue weighted by Crippen LogP contribution is 2.29. The molecule has 1 saturated heterocycles. The average Bonchev–Trinajstić information content (AvgIpc) is 3.30. The van der Waals surface area contributed by atoms with E-state index in [0.717, 1.165) is 16.0 Å². The summed E-state index contributed by atoms with van der Waals surface area (Å²) in [6, 6.07) is 9.20. The molecule has 1 aliphatic rings. The van der Waals surface area contributed by atoms with Gasteiger partial charge in [-0.25, -0.2) is 14.0 Å². The Balaban J connectivity index is 1.77. The van der Waals surface area contributed by atoms with E-state index in [-0.39, 0.29) is 6.54 Å². The lowest BCUT2D eigenvalue weighted by Crippen LogP contribution is -2.43. The Kier molecular flexibility index (Phi) is 7.33. The molecule has 1 fully saturated rings. The van der Waals surface area contributed by atoms with Crippen molar-refractivity contribution in [1.29, 1.82) is 0 Å². The fraction of sp³-hybridized carbons (Fsp3) is 0.542. The zero-order valence-corrected chi connectivity index (χ0v) is 20.7. The molecule has 0 bridgehead atoms. The molecule has 3 atom stereocenters. The number of ether oxygens (including phenoxy) is 3. The van der Waals surface area contributed by atoms with E-state index in [1.165, 1.54) is 16.4 Å². The molecule has 1 aromatic heterocycles. The van der Waals surface area contributed by atoms with Crippen LogP contribution in [0.3, 0.4) is 0 Å². The highest BCUT2D eigenvalue weighted by atomic mass is 32.1. The zero-order valence-electron chi connectivity index (χ0n) is 19.9. The molecule has 3 rings (SSSR count). The summed E-state index contributed by atoms with van der Waals surface area (Å²) in [6.45, 7) is 10.5. The number of hydrogen-bond acceptors (Lipinski definition) is 8. The quantitative estimate of drug-likeness (QED) is 0.641. The predicted molar refractivity (Wildman–Crippen MR) is 125 cm³/mol. The van der Waals surface area contributed by atoms with Gasteiger partial charge in [-0.1, -0.05) is 24.3 Å². The van der Waals surface area contributed by atoms with Crippen molar-refractivity contribution in [3.63, 3.8) is 0 Å². The van der Waals surface area contributed by atoms with Crippen LogP contribution >= 0.6 is 11.5 Å². The Morgan fingerprint density at radius 2 is 1.70 bits per heavy atom. The highest BCUT2D eigenvalue weighted by molar-refractivity contribution is 7.09. The lowest BCUT2D eigenvalue weighted by molar-refractivity contribution is -0.0486. The first kappa shape index (κ1) is 25.0. The largest absolute Gasteiger partial charge is 0.509 e. The normalized spacial score (nSPS) is 21.1. The van der Waals surface area contributed by atoms with E-state index in [1.54, 1.807) is 47.7 Å². The van der Waals surface area contributed by atoms with E-state index in [4.69, 9.17) is 14.2 Å². The second kappa shape index (κ2) is 9.69. The van der Waals surface area contributed by atoms with Gasteiger partial charge in [-0.15, -0.1) is 0 Å². The molecule has 33 heavy (non-hydrogen) atoms. The molecule has 0 radical (unpaired) electrons. The maximum absolute atomic E-state index is 12.9. The van der Waals surface area contributed by atoms with Crippen molar-refractivity contribution >= 4 is 23.8 Å². The van der Waals surface area contributed by atoms with Gasteiger partial charge in [0, 0.05) is 6.20 Å². The number of likely N-dealkylation sites (tertiary alicyclic amines) is 1. The molecule has 1 aromatic carbocycles. The third-order valence-electron chi connectivity index (χ3n) is 4.94. The van der Waals surface area contributed by atoms with E-state index in [2.05, 4.69) is 4.37 Å². The SMILES string of the molecule is CC(C)(C)OC(=O)O[C@H]1CN(C(=O)OC(C)(C)C)[C@H](Cc2ccc(-c3ccns3)cc2)[C@@H]1O. The summed E-state index contributed by atoms with van der Waals surface area (Å²) >= 11 is 1.41. The average molecular weight is 477 g/mol. The van der Waals surface area contributed by atoms with Gasteiger partial charge >= 0.3 is 12.2 Å². The smallest absolute Gasteiger partial charge is 0.444 e. The first-order chi connectivity index (χ1) is 15.3. The monoisotopic (exact) mass is 476 g/mol. The maximum atomic E-state index is 12.9. The van der Waals surface area contributed by atoms with Gasteiger partial charge in [-0.05, 0) is 76.7 Å². The van der Waals surface area contributed by atoms with Crippen molar-refractivity contribution in [2.24, 2.45) is 0 Å². The number of aliphatic hydroxyl groups excluding tert-OH is 1. The van der Waals surface area contributed by atoms with Crippen LogP contribution < -0.4 is 0 Å². The molecule has 8 nitrogen and oxygen atoms in total. The van der Waals surface area contributed by atoms with Gasteiger partial charge in [0.05, 0.1) is 17.5 Å². The molecule has 0 aliphatic carbocycles. The van der Waals surface area contributed by atoms with Gasteiger partial charge in [0.1, 0.15) is 17.3 Å². The summed E-state index contributed by atoms with van der Waals surface area (Å²) in [6.07, 6.45) is -1.34. The van der Waals surface area contributed by atoms with Crippen LogP contribution in [-0.4, -0.2) is 62.6 Å². The summed E-state index contributed by atoms with van der Waals surface area (Å²) in [5.41, 5.74) is 0.541. The van der Waals surface area contributed by atoms with E-state index in [9.17, 15) is 14.7 Å².